The Morgan fingerprint density at radius 1 is 1.45 bits per heavy atom. The van der Waals surface area contributed by atoms with Crippen molar-refractivity contribution in [3.05, 3.63) is 11.6 Å². The molecule has 4 rings (SSSR count). The van der Waals surface area contributed by atoms with E-state index in [0.717, 1.165) is 24.8 Å². The van der Waals surface area contributed by atoms with Crippen LogP contribution in [0.1, 0.15) is 26.2 Å². The second-order valence-corrected chi connectivity index (χ2v) is 6.74. The predicted molar refractivity (Wildman–Crippen MR) is 68.7 cm³/mol. The van der Waals surface area contributed by atoms with Crippen LogP contribution >= 0.6 is 0 Å². The Morgan fingerprint density at radius 3 is 2.95 bits per heavy atom. The normalized spacial score (nSPS) is 54.4. The highest BCUT2D eigenvalue weighted by Gasteiger charge is 2.76. The third-order valence-corrected chi connectivity index (χ3v) is 5.92. The fourth-order valence-corrected chi connectivity index (χ4v) is 4.95. The van der Waals surface area contributed by atoms with Crippen LogP contribution in [0.25, 0.3) is 0 Å². The lowest BCUT2D eigenvalue weighted by molar-refractivity contribution is -0.149. The van der Waals surface area contributed by atoms with E-state index in [4.69, 9.17) is 9.47 Å². The van der Waals surface area contributed by atoms with Gasteiger partial charge >= 0.3 is 5.97 Å². The first-order valence-electron chi connectivity index (χ1n) is 7.39. The summed E-state index contributed by atoms with van der Waals surface area (Å²) in [6.45, 7) is 1.82. The highest BCUT2D eigenvalue weighted by Crippen LogP contribution is 2.65. The topological polar surface area (TPSA) is 79.3 Å². The summed E-state index contributed by atoms with van der Waals surface area (Å²) < 4.78 is 11.4. The molecule has 4 aliphatic rings. The van der Waals surface area contributed by atoms with E-state index in [2.05, 4.69) is 0 Å². The van der Waals surface area contributed by atoms with E-state index in [9.17, 15) is 15.0 Å². The Morgan fingerprint density at radius 2 is 2.25 bits per heavy atom. The molecular formula is C15H20O5. The molecule has 0 aromatic heterocycles. The van der Waals surface area contributed by atoms with Crippen molar-refractivity contribution in [3.63, 3.8) is 0 Å². The minimum atomic E-state index is -0.711. The molecule has 0 aromatic rings. The molecule has 2 heterocycles. The van der Waals surface area contributed by atoms with E-state index in [0.29, 0.717) is 0 Å². The van der Waals surface area contributed by atoms with Crippen LogP contribution in [-0.2, 0) is 14.3 Å². The fraction of sp³-hybridized carbons (Fsp3) is 0.800. The molecule has 2 saturated carbocycles. The quantitative estimate of drug-likeness (QED) is 0.435. The number of carbonyl (C=O) groups is 1. The Kier molecular flexibility index (Phi) is 2.46. The Hall–Kier alpha value is -0.910. The summed E-state index contributed by atoms with van der Waals surface area (Å²) in [5.41, 5.74) is -0.161. The van der Waals surface area contributed by atoms with Gasteiger partial charge in [0.15, 0.2) is 0 Å². The highest BCUT2D eigenvalue weighted by atomic mass is 16.7. The lowest BCUT2D eigenvalue weighted by atomic mass is 9.55. The van der Waals surface area contributed by atoms with Crippen LogP contribution in [0.15, 0.2) is 11.6 Å². The molecule has 4 fully saturated rings. The van der Waals surface area contributed by atoms with Crippen LogP contribution in [-0.4, -0.2) is 47.2 Å². The lowest BCUT2D eigenvalue weighted by Gasteiger charge is -2.44. The summed E-state index contributed by atoms with van der Waals surface area (Å²) in [6.07, 6.45) is 4.09. The van der Waals surface area contributed by atoms with Crippen LogP contribution in [0.2, 0.25) is 0 Å². The maximum atomic E-state index is 12.3. The van der Waals surface area contributed by atoms with Gasteiger partial charge in [0.25, 0.3) is 0 Å². The zero-order chi connectivity index (χ0) is 14.1. The molecule has 0 aromatic carbocycles. The van der Waals surface area contributed by atoms with Crippen LogP contribution in [0.4, 0.5) is 0 Å². The van der Waals surface area contributed by atoms with Gasteiger partial charge < -0.3 is 19.7 Å². The predicted octanol–water partition coefficient (Wildman–Crippen LogP) is 0.397. The molecule has 0 spiro atoms. The van der Waals surface area contributed by atoms with Crippen LogP contribution in [0, 0.1) is 17.3 Å². The van der Waals surface area contributed by atoms with Gasteiger partial charge in [-0.15, -0.1) is 0 Å². The zero-order valence-electron chi connectivity index (χ0n) is 11.5. The standard InChI is InChI=1S/C15H20O5/c1-14-5-2-3-8-9(4-6-16)15(7-17)12(20-15)11(10(8)14)19-13(14)18/h4,8,10-12,16-17H,2-3,5-7H2,1H3/t8?,10?,11-,12?,14?,15?/m0/s1. The summed E-state index contributed by atoms with van der Waals surface area (Å²) in [4.78, 5) is 12.3. The molecule has 20 heavy (non-hydrogen) atoms. The smallest absolute Gasteiger partial charge is 0.312 e. The first-order chi connectivity index (χ1) is 9.58. The summed E-state index contributed by atoms with van der Waals surface area (Å²) in [6, 6.07) is 0. The van der Waals surface area contributed by atoms with Crippen LogP contribution in [0.3, 0.4) is 0 Å². The number of aliphatic hydroxyl groups is 2. The monoisotopic (exact) mass is 280 g/mol. The van der Waals surface area contributed by atoms with E-state index in [1.165, 1.54) is 0 Å². The first-order valence-corrected chi connectivity index (χ1v) is 7.39. The molecule has 2 saturated heterocycles. The fourth-order valence-electron chi connectivity index (χ4n) is 4.95. The number of fused-ring (bicyclic) bond motifs is 2. The molecule has 2 aliphatic heterocycles. The minimum Gasteiger partial charge on any atom is -0.459 e. The van der Waals surface area contributed by atoms with Crippen LogP contribution < -0.4 is 0 Å². The van der Waals surface area contributed by atoms with Crippen LogP contribution in [0.5, 0.6) is 0 Å². The van der Waals surface area contributed by atoms with Gasteiger partial charge in [-0.3, -0.25) is 4.79 Å². The number of aliphatic hydroxyl groups excluding tert-OH is 2. The summed E-state index contributed by atoms with van der Waals surface area (Å²) in [7, 11) is 0. The molecule has 5 nitrogen and oxygen atoms in total. The van der Waals surface area contributed by atoms with Gasteiger partial charge in [-0.25, -0.2) is 0 Å². The molecular weight excluding hydrogens is 260 g/mol. The average molecular weight is 280 g/mol. The molecule has 110 valence electrons. The van der Waals surface area contributed by atoms with E-state index < -0.39 is 11.0 Å². The third-order valence-electron chi connectivity index (χ3n) is 5.92. The van der Waals surface area contributed by atoms with Gasteiger partial charge in [-0.05, 0) is 31.3 Å². The van der Waals surface area contributed by atoms with E-state index >= 15 is 0 Å². The van der Waals surface area contributed by atoms with Gasteiger partial charge in [-0.2, -0.15) is 0 Å². The van der Waals surface area contributed by atoms with Crippen molar-refractivity contribution < 1.29 is 24.5 Å². The number of carbonyl (C=O) groups excluding carboxylic acids is 1. The summed E-state index contributed by atoms with van der Waals surface area (Å²) in [5.74, 6) is 0.168. The minimum absolute atomic E-state index is 0.0629. The van der Waals surface area contributed by atoms with Crippen molar-refractivity contribution in [2.75, 3.05) is 13.2 Å². The number of epoxide rings is 1. The number of hydrogen-bond donors (Lipinski definition) is 2. The number of ether oxygens (including phenoxy) is 2. The second kappa shape index (κ2) is 3.84. The summed E-state index contributed by atoms with van der Waals surface area (Å²) in [5, 5.41) is 19.1. The zero-order valence-corrected chi connectivity index (χ0v) is 11.5. The van der Waals surface area contributed by atoms with E-state index in [-0.39, 0.29) is 43.2 Å². The molecule has 0 bridgehead atoms. The van der Waals surface area contributed by atoms with E-state index in [1.54, 1.807) is 6.08 Å². The number of rotatable bonds is 2. The molecule has 5 unspecified atom stereocenters. The molecule has 2 aliphatic carbocycles. The second-order valence-electron chi connectivity index (χ2n) is 6.74. The highest BCUT2D eigenvalue weighted by molar-refractivity contribution is 5.80. The van der Waals surface area contributed by atoms with Gasteiger partial charge in [0, 0.05) is 5.92 Å². The first kappa shape index (κ1) is 12.8. The Labute approximate surface area is 117 Å². The molecule has 2 N–H and O–H groups in total. The molecule has 0 amide bonds. The third kappa shape index (κ3) is 1.27. The van der Waals surface area contributed by atoms with Crippen molar-refractivity contribution >= 4 is 5.97 Å². The van der Waals surface area contributed by atoms with Crippen molar-refractivity contribution in [3.8, 4) is 0 Å². The SMILES string of the molecule is CC12CCCC3C(=CCO)C4(CO)OC4[C@@H](OC1=O)C32. The Bertz CT molecular complexity index is 500. The lowest BCUT2D eigenvalue weighted by Crippen LogP contribution is -2.50. The van der Waals surface area contributed by atoms with Crippen molar-refractivity contribution in [2.24, 2.45) is 17.3 Å². The maximum Gasteiger partial charge on any atom is 0.312 e. The molecule has 0 radical (unpaired) electrons. The number of hydrogen-bond acceptors (Lipinski definition) is 5. The van der Waals surface area contributed by atoms with Gasteiger partial charge in [0.1, 0.15) is 17.8 Å². The van der Waals surface area contributed by atoms with E-state index in [1.807, 2.05) is 6.92 Å². The average Bonchev–Trinajstić information content (AvgIpc) is 3.12. The van der Waals surface area contributed by atoms with Crippen molar-refractivity contribution in [1.82, 2.24) is 0 Å². The molecule has 5 heteroatoms. The van der Waals surface area contributed by atoms with Crippen molar-refractivity contribution in [1.29, 1.82) is 0 Å². The van der Waals surface area contributed by atoms with Gasteiger partial charge in [-0.1, -0.05) is 12.5 Å². The summed E-state index contributed by atoms with van der Waals surface area (Å²) >= 11 is 0. The number of esters is 1. The largest absolute Gasteiger partial charge is 0.459 e. The van der Waals surface area contributed by atoms with Gasteiger partial charge in [0.2, 0.25) is 0 Å². The van der Waals surface area contributed by atoms with Crippen molar-refractivity contribution in [2.45, 2.75) is 44.0 Å². The van der Waals surface area contributed by atoms with Gasteiger partial charge in [0.05, 0.1) is 18.6 Å². The molecule has 6 atom stereocenters. The Balaban J connectivity index is 1.82. The maximum absolute atomic E-state index is 12.3.